The number of amides is 1. The highest BCUT2D eigenvalue weighted by atomic mass is 32.1. The van der Waals surface area contributed by atoms with Crippen LogP contribution >= 0.6 is 11.3 Å². The number of nitrogens with one attached hydrogen (secondary N) is 1. The van der Waals surface area contributed by atoms with Gasteiger partial charge in [0.2, 0.25) is 0 Å². The molecule has 1 aliphatic carbocycles. The van der Waals surface area contributed by atoms with E-state index in [9.17, 15) is 9.59 Å². The van der Waals surface area contributed by atoms with Gasteiger partial charge in [-0.1, -0.05) is 0 Å². The number of carbonyl (C=O) groups is 2. The van der Waals surface area contributed by atoms with Crippen LogP contribution < -0.4 is 5.32 Å². The summed E-state index contributed by atoms with van der Waals surface area (Å²) in [5.74, 6) is -1.13. The summed E-state index contributed by atoms with van der Waals surface area (Å²) in [6, 6.07) is 1.07. The third-order valence-corrected chi connectivity index (χ3v) is 4.73. The summed E-state index contributed by atoms with van der Waals surface area (Å²) in [5.41, 5.74) is 1.06. The molecular weight excluding hydrogens is 266 g/mol. The lowest BCUT2D eigenvalue weighted by atomic mass is 10.1. The van der Waals surface area contributed by atoms with Crippen molar-refractivity contribution in [3.05, 3.63) is 21.4 Å². The minimum absolute atomic E-state index is 0.0966. The van der Waals surface area contributed by atoms with E-state index in [-0.39, 0.29) is 11.8 Å². The summed E-state index contributed by atoms with van der Waals surface area (Å²) in [5, 5.41) is 11.7. The van der Waals surface area contributed by atoms with Crippen LogP contribution in [0.25, 0.3) is 0 Å². The van der Waals surface area contributed by atoms with E-state index in [1.807, 2.05) is 6.07 Å². The molecule has 2 heterocycles. The minimum Gasteiger partial charge on any atom is -0.480 e. The molecule has 19 heavy (non-hydrogen) atoms. The molecule has 0 bridgehead atoms. The lowest BCUT2D eigenvalue weighted by Crippen LogP contribution is -2.42. The highest BCUT2D eigenvalue weighted by molar-refractivity contribution is 7.14. The Balaban J connectivity index is 1.72. The van der Waals surface area contributed by atoms with E-state index in [0.29, 0.717) is 18.1 Å². The fourth-order valence-electron chi connectivity index (χ4n) is 2.28. The van der Waals surface area contributed by atoms with Gasteiger partial charge in [-0.15, -0.1) is 11.3 Å². The van der Waals surface area contributed by atoms with Crippen molar-refractivity contribution in [2.75, 3.05) is 6.61 Å². The second kappa shape index (κ2) is 4.94. The molecule has 0 saturated heterocycles. The van der Waals surface area contributed by atoms with Crippen LogP contribution in [0.1, 0.15) is 33.0 Å². The van der Waals surface area contributed by atoms with Gasteiger partial charge in [0, 0.05) is 11.3 Å². The maximum atomic E-state index is 12.1. The number of hydrogen-bond acceptors (Lipinski definition) is 4. The molecule has 0 aromatic carbocycles. The molecule has 1 amide bonds. The molecule has 6 heteroatoms. The number of hydrogen-bond donors (Lipinski definition) is 2. The van der Waals surface area contributed by atoms with E-state index in [0.717, 1.165) is 24.8 Å². The van der Waals surface area contributed by atoms with Gasteiger partial charge in [-0.2, -0.15) is 0 Å². The van der Waals surface area contributed by atoms with Crippen LogP contribution in [-0.2, 0) is 22.6 Å². The van der Waals surface area contributed by atoms with Gasteiger partial charge in [-0.05, 0) is 30.4 Å². The molecule has 1 aromatic rings. The van der Waals surface area contributed by atoms with E-state index in [1.54, 1.807) is 0 Å². The van der Waals surface area contributed by atoms with Gasteiger partial charge in [0.1, 0.15) is 6.04 Å². The average Bonchev–Trinajstić information content (AvgIpc) is 3.12. The van der Waals surface area contributed by atoms with Crippen LogP contribution in [0.3, 0.4) is 0 Å². The van der Waals surface area contributed by atoms with Gasteiger partial charge in [0.05, 0.1) is 18.1 Å². The Morgan fingerprint density at radius 2 is 2.26 bits per heavy atom. The van der Waals surface area contributed by atoms with Gasteiger partial charge in [-0.25, -0.2) is 4.79 Å². The summed E-state index contributed by atoms with van der Waals surface area (Å²) in [6.45, 7) is 1.23. The van der Waals surface area contributed by atoms with Gasteiger partial charge in [0.25, 0.3) is 5.91 Å². The van der Waals surface area contributed by atoms with E-state index in [2.05, 4.69) is 5.32 Å². The Bertz CT molecular complexity index is 497. The molecule has 1 aromatic heterocycles. The Kier molecular flexibility index (Phi) is 3.28. The number of carboxylic acids is 1. The van der Waals surface area contributed by atoms with Crippen molar-refractivity contribution in [1.29, 1.82) is 0 Å². The second-order valence-corrected chi connectivity index (χ2v) is 6.13. The number of rotatable bonds is 4. The molecule has 2 N–H and O–H groups in total. The van der Waals surface area contributed by atoms with E-state index in [1.165, 1.54) is 16.2 Å². The first-order valence-corrected chi connectivity index (χ1v) is 7.20. The van der Waals surface area contributed by atoms with Gasteiger partial charge < -0.3 is 15.2 Å². The number of thiophene rings is 1. The third-order valence-electron chi connectivity index (χ3n) is 3.50. The van der Waals surface area contributed by atoms with Crippen molar-refractivity contribution >= 4 is 23.2 Å². The number of aliphatic carboxylic acids is 1. The summed E-state index contributed by atoms with van der Waals surface area (Å²) in [7, 11) is 0. The Hall–Kier alpha value is -1.40. The van der Waals surface area contributed by atoms with Crippen LogP contribution in [0.2, 0.25) is 0 Å². The molecule has 1 fully saturated rings. The lowest BCUT2D eigenvalue weighted by molar-refractivity contribution is -0.139. The van der Waals surface area contributed by atoms with Crippen LogP contribution in [0.15, 0.2) is 6.07 Å². The molecule has 102 valence electrons. The maximum absolute atomic E-state index is 12.1. The van der Waals surface area contributed by atoms with E-state index >= 15 is 0 Å². The fourth-order valence-corrected chi connectivity index (χ4v) is 3.33. The van der Waals surface area contributed by atoms with Crippen molar-refractivity contribution in [2.45, 2.75) is 31.9 Å². The SMILES string of the molecule is O=C(NC(C(=O)O)C1CC1)c1cc2c(s1)CCOC2. The number of carbonyl (C=O) groups excluding carboxylic acids is 1. The topological polar surface area (TPSA) is 75.6 Å². The molecule has 1 unspecified atom stereocenters. The lowest BCUT2D eigenvalue weighted by Gasteiger charge is -2.12. The predicted molar refractivity (Wildman–Crippen MR) is 69.3 cm³/mol. The summed E-state index contributed by atoms with van der Waals surface area (Å²) >= 11 is 1.44. The van der Waals surface area contributed by atoms with Crippen molar-refractivity contribution in [1.82, 2.24) is 5.32 Å². The Labute approximate surface area is 114 Å². The largest absolute Gasteiger partial charge is 0.480 e. The second-order valence-electron chi connectivity index (χ2n) is 4.99. The first-order chi connectivity index (χ1) is 9.15. The third kappa shape index (κ3) is 2.64. The predicted octanol–water partition coefficient (Wildman–Crippen LogP) is 1.41. The summed E-state index contributed by atoms with van der Waals surface area (Å²) < 4.78 is 5.34. The molecule has 0 radical (unpaired) electrons. The van der Waals surface area contributed by atoms with Crippen LogP contribution in [0, 0.1) is 5.92 Å². The zero-order chi connectivity index (χ0) is 13.4. The molecule has 1 atom stereocenters. The molecule has 3 rings (SSSR count). The summed E-state index contributed by atoms with van der Waals surface area (Å²) in [6.07, 6.45) is 2.59. The summed E-state index contributed by atoms with van der Waals surface area (Å²) in [4.78, 5) is 25.0. The standard InChI is InChI=1S/C13H15NO4S/c15-12(14-11(13(16)17)7-1-2-7)10-5-8-6-18-4-3-9(8)19-10/h5,7,11H,1-4,6H2,(H,14,15)(H,16,17). The molecule has 2 aliphatic rings. The van der Waals surface area contributed by atoms with Crippen molar-refractivity contribution in [2.24, 2.45) is 5.92 Å². The minimum atomic E-state index is -0.944. The van der Waals surface area contributed by atoms with E-state index in [4.69, 9.17) is 9.84 Å². The molecule has 1 saturated carbocycles. The quantitative estimate of drug-likeness (QED) is 0.875. The normalized spacial score (nSPS) is 19.6. The monoisotopic (exact) mass is 281 g/mol. The van der Waals surface area contributed by atoms with Gasteiger partial charge >= 0.3 is 5.97 Å². The van der Waals surface area contributed by atoms with Gasteiger partial charge in [0.15, 0.2) is 0 Å². The Morgan fingerprint density at radius 3 is 2.89 bits per heavy atom. The average molecular weight is 281 g/mol. The van der Waals surface area contributed by atoms with Crippen molar-refractivity contribution < 1.29 is 19.4 Å². The molecule has 5 nitrogen and oxygen atoms in total. The zero-order valence-corrected chi connectivity index (χ0v) is 11.2. The zero-order valence-electron chi connectivity index (χ0n) is 10.3. The van der Waals surface area contributed by atoms with Crippen molar-refractivity contribution in [3.8, 4) is 0 Å². The van der Waals surface area contributed by atoms with Crippen LogP contribution in [-0.4, -0.2) is 29.6 Å². The van der Waals surface area contributed by atoms with Crippen LogP contribution in [0.4, 0.5) is 0 Å². The Morgan fingerprint density at radius 1 is 1.47 bits per heavy atom. The number of fused-ring (bicyclic) bond motifs is 1. The number of carboxylic acid groups (broad SMARTS) is 1. The van der Waals surface area contributed by atoms with Crippen LogP contribution in [0.5, 0.6) is 0 Å². The first-order valence-electron chi connectivity index (χ1n) is 6.38. The van der Waals surface area contributed by atoms with Crippen molar-refractivity contribution in [3.63, 3.8) is 0 Å². The molecule has 0 spiro atoms. The fraction of sp³-hybridized carbons (Fsp3) is 0.538. The smallest absolute Gasteiger partial charge is 0.326 e. The first kappa shape index (κ1) is 12.6. The maximum Gasteiger partial charge on any atom is 0.326 e. The van der Waals surface area contributed by atoms with E-state index < -0.39 is 12.0 Å². The highest BCUT2D eigenvalue weighted by Crippen LogP contribution is 2.33. The molecular formula is C13H15NO4S. The molecule has 1 aliphatic heterocycles. The highest BCUT2D eigenvalue weighted by Gasteiger charge is 2.37. The number of ether oxygens (including phenoxy) is 1. The van der Waals surface area contributed by atoms with Gasteiger partial charge in [-0.3, -0.25) is 4.79 Å².